The van der Waals surface area contributed by atoms with Gasteiger partial charge in [0, 0.05) is 16.1 Å². The van der Waals surface area contributed by atoms with Gasteiger partial charge in [0.1, 0.15) is 24.1 Å². The van der Waals surface area contributed by atoms with Crippen molar-refractivity contribution in [2.75, 3.05) is 13.7 Å². The lowest BCUT2D eigenvalue weighted by atomic mass is 9.90. The summed E-state index contributed by atoms with van der Waals surface area (Å²) in [6, 6.07) is 22.4. The van der Waals surface area contributed by atoms with Crippen molar-refractivity contribution in [2.24, 2.45) is 4.99 Å². The summed E-state index contributed by atoms with van der Waals surface area (Å²) >= 11 is 12.1. The highest BCUT2D eigenvalue weighted by molar-refractivity contribution is 14.1. The number of halogens is 3. The molecule has 0 aliphatic carbocycles. The summed E-state index contributed by atoms with van der Waals surface area (Å²) in [5.41, 5.74) is 2.98. The number of fused-ring (bicyclic) bond motifs is 2. The minimum Gasteiger partial charge on any atom is -0.496 e. The van der Waals surface area contributed by atoms with Gasteiger partial charge in [0.25, 0.3) is 5.56 Å². The average Bonchev–Trinajstić information content (AvgIpc) is 3.34. The van der Waals surface area contributed by atoms with Crippen LogP contribution >= 0.6 is 68.1 Å². The minimum atomic E-state index is -0.806. The number of hydrogen-bond acceptors (Lipinski definition) is 7. The Kier molecular flexibility index (Phi) is 9.88. The van der Waals surface area contributed by atoms with Crippen molar-refractivity contribution in [1.29, 1.82) is 0 Å². The highest BCUT2D eigenvalue weighted by atomic mass is 127. The third kappa shape index (κ3) is 6.24. The van der Waals surface area contributed by atoms with E-state index in [2.05, 4.69) is 45.2 Å². The molecule has 0 saturated heterocycles. The Morgan fingerprint density at radius 2 is 1.78 bits per heavy atom. The first kappa shape index (κ1) is 32.7. The molecule has 1 aliphatic rings. The first-order valence-corrected chi connectivity index (χ1v) is 17.7. The van der Waals surface area contributed by atoms with E-state index in [0.717, 1.165) is 34.8 Å². The molecule has 0 radical (unpaired) electrons. The van der Waals surface area contributed by atoms with Gasteiger partial charge in [0.15, 0.2) is 4.80 Å². The van der Waals surface area contributed by atoms with Gasteiger partial charge in [-0.05, 0) is 106 Å². The van der Waals surface area contributed by atoms with E-state index in [4.69, 9.17) is 30.8 Å². The van der Waals surface area contributed by atoms with Crippen LogP contribution in [0.2, 0.25) is 5.02 Å². The fourth-order valence-electron chi connectivity index (χ4n) is 5.52. The van der Waals surface area contributed by atoms with Crippen molar-refractivity contribution in [3.8, 4) is 11.5 Å². The Morgan fingerprint density at radius 3 is 2.50 bits per heavy atom. The molecule has 6 rings (SSSR count). The second-order valence-corrected chi connectivity index (χ2v) is 14.1. The Bertz CT molecular complexity index is 2200. The predicted molar refractivity (Wildman–Crippen MR) is 199 cm³/mol. The number of benzene rings is 4. The van der Waals surface area contributed by atoms with E-state index >= 15 is 0 Å². The number of ether oxygens (including phenoxy) is 3. The zero-order chi connectivity index (χ0) is 32.5. The second kappa shape index (κ2) is 13.9. The van der Waals surface area contributed by atoms with Gasteiger partial charge in [-0.15, -0.1) is 0 Å². The van der Waals surface area contributed by atoms with Crippen molar-refractivity contribution < 1.29 is 19.0 Å². The van der Waals surface area contributed by atoms with E-state index < -0.39 is 12.0 Å². The summed E-state index contributed by atoms with van der Waals surface area (Å²) in [5, 5.41) is 2.48. The molecule has 0 saturated carbocycles. The van der Waals surface area contributed by atoms with Crippen LogP contribution in [0.5, 0.6) is 11.5 Å². The highest BCUT2D eigenvalue weighted by Crippen LogP contribution is 2.40. The van der Waals surface area contributed by atoms with Crippen LogP contribution in [0.3, 0.4) is 0 Å². The van der Waals surface area contributed by atoms with Crippen LogP contribution in [0.4, 0.5) is 0 Å². The quantitative estimate of drug-likeness (QED) is 0.120. The number of allylic oxidation sites excluding steroid dienone is 1. The van der Waals surface area contributed by atoms with Crippen LogP contribution < -0.4 is 24.4 Å². The van der Waals surface area contributed by atoms with Gasteiger partial charge in [0.05, 0.1) is 36.7 Å². The topological polar surface area (TPSA) is 79.1 Å². The fraction of sp³-hybridized carbons (Fsp3) is 0.171. The molecule has 46 heavy (non-hydrogen) atoms. The number of esters is 1. The first-order chi connectivity index (χ1) is 22.2. The lowest BCUT2D eigenvalue weighted by Gasteiger charge is -2.27. The number of rotatable bonds is 8. The van der Waals surface area contributed by atoms with Crippen molar-refractivity contribution in [3.63, 3.8) is 0 Å². The van der Waals surface area contributed by atoms with Gasteiger partial charge < -0.3 is 14.2 Å². The van der Waals surface area contributed by atoms with E-state index in [1.54, 1.807) is 25.5 Å². The monoisotopic (exact) mass is 876 g/mol. The third-order valence-corrected chi connectivity index (χ3v) is 10.5. The molecule has 0 spiro atoms. The van der Waals surface area contributed by atoms with Crippen LogP contribution in [0, 0.1) is 7.14 Å². The van der Waals surface area contributed by atoms with Crippen molar-refractivity contribution >= 4 is 90.9 Å². The van der Waals surface area contributed by atoms with Gasteiger partial charge >= 0.3 is 5.97 Å². The Morgan fingerprint density at radius 1 is 1.07 bits per heavy atom. The number of methoxy groups -OCH3 is 1. The molecule has 1 aromatic heterocycles. The minimum absolute atomic E-state index is 0.189. The predicted octanol–water partition coefficient (Wildman–Crippen LogP) is 7.40. The zero-order valence-corrected chi connectivity index (χ0v) is 30.9. The maximum Gasteiger partial charge on any atom is 0.338 e. The molecule has 7 nitrogen and oxygen atoms in total. The van der Waals surface area contributed by atoms with Crippen LogP contribution in [-0.4, -0.2) is 24.3 Å². The van der Waals surface area contributed by atoms with Crippen LogP contribution in [0.25, 0.3) is 16.8 Å². The summed E-state index contributed by atoms with van der Waals surface area (Å²) in [5.74, 6) is 0.790. The lowest BCUT2D eigenvalue weighted by molar-refractivity contribution is -0.139. The molecule has 2 heterocycles. The number of carbonyl (C=O) groups is 1. The van der Waals surface area contributed by atoms with Gasteiger partial charge in [-0.3, -0.25) is 9.36 Å². The second-order valence-electron chi connectivity index (χ2n) is 10.4. The molecular formula is C35H27ClI2N2O5S. The van der Waals surface area contributed by atoms with E-state index in [-0.39, 0.29) is 12.2 Å². The van der Waals surface area contributed by atoms with Crippen LogP contribution in [-0.2, 0) is 16.1 Å². The van der Waals surface area contributed by atoms with Gasteiger partial charge in [-0.25, -0.2) is 9.79 Å². The maximum atomic E-state index is 14.3. The fourth-order valence-corrected chi connectivity index (χ4v) is 8.88. The summed E-state index contributed by atoms with van der Waals surface area (Å²) in [6.07, 6.45) is 1.85. The van der Waals surface area contributed by atoms with Crippen molar-refractivity contribution in [2.45, 2.75) is 26.5 Å². The molecule has 234 valence electrons. The number of thiazole rings is 1. The van der Waals surface area contributed by atoms with Gasteiger partial charge in [-0.1, -0.05) is 71.5 Å². The SMILES string of the molecule is CCOC(=O)C1=C(C)N=c2s/c(=C/c3cc(I)c(OCc4ccccc4Cl)c(I)c3)c(=O)n2[C@@H]1c1c(OC)ccc2ccccc12. The Labute approximate surface area is 301 Å². The first-order valence-electron chi connectivity index (χ1n) is 14.3. The molecular weight excluding hydrogens is 850 g/mol. The highest BCUT2D eigenvalue weighted by Gasteiger charge is 2.36. The number of aromatic nitrogens is 1. The van der Waals surface area contributed by atoms with Crippen molar-refractivity contribution in [1.82, 2.24) is 4.57 Å². The normalized spacial score (nSPS) is 14.7. The van der Waals surface area contributed by atoms with Gasteiger partial charge in [0.2, 0.25) is 0 Å². The molecule has 0 fully saturated rings. The number of hydrogen-bond donors (Lipinski definition) is 0. The Hall–Kier alpha value is -3.20. The molecule has 4 aromatic carbocycles. The molecule has 0 bridgehead atoms. The largest absolute Gasteiger partial charge is 0.496 e. The average molecular weight is 877 g/mol. The van der Waals surface area contributed by atoms with Crippen molar-refractivity contribution in [3.05, 3.63) is 133 Å². The molecule has 11 heteroatoms. The van der Waals surface area contributed by atoms with Crippen LogP contribution in [0.1, 0.15) is 36.6 Å². The van der Waals surface area contributed by atoms with E-state index in [1.165, 1.54) is 11.3 Å². The van der Waals surface area contributed by atoms with Gasteiger partial charge in [-0.2, -0.15) is 0 Å². The standard InChI is InChI=1S/C35H27ClI2N2O5S/c1-4-44-34(42)29-19(2)39-35-40(31(29)30-23-11-7-5-9-21(23)13-14-27(30)43-3)33(41)28(46-35)17-20-15-25(37)32(26(38)16-20)45-18-22-10-6-8-12-24(22)36/h5-17,31H,4,18H2,1-3H3/b28-17+/t31-/m0/s1. The molecule has 1 aliphatic heterocycles. The summed E-state index contributed by atoms with van der Waals surface area (Å²) in [4.78, 5) is 33.1. The molecule has 0 unspecified atom stereocenters. The Balaban J connectivity index is 1.49. The molecule has 1 atom stereocenters. The third-order valence-electron chi connectivity index (χ3n) is 7.59. The van der Waals surface area contributed by atoms with E-state index in [0.29, 0.717) is 43.5 Å². The van der Waals surface area contributed by atoms with Crippen LogP contribution in [0.15, 0.2) is 93.9 Å². The zero-order valence-electron chi connectivity index (χ0n) is 25.0. The molecule has 0 amide bonds. The van der Waals surface area contributed by atoms with E-state index in [9.17, 15) is 9.59 Å². The number of nitrogens with zero attached hydrogens (tertiary/aromatic N) is 2. The molecule has 0 N–H and O–H groups in total. The maximum absolute atomic E-state index is 14.3. The smallest absolute Gasteiger partial charge is 0.338 e. The summed E-state index contributed by atoms with van der Waals surface area (Å²) in [7, 11) is 1.59. The molecule has 5 aromatic rings. The summed E-state index contributed by atoms with van der Waals surface area (Å²) in [6.45, 7) is 4.06. The number of carbonyl (C=O) groups excluding carboxylic acids is 1. The van der Waals surface area contributed by atoms with E-state index in [1.807, 2.05) is 78.9 Å². The summed E-state index contributed by atoms with van der Waals surface area (Å²) < 4.78 is 21.4. The lowest BCUT2D eigenvalue weighted by Crippen LogP contribution is -2.40.